The van der Waals surface area contributed by atoms with Crippen molar-refractivity contribution in [2.75, 3.05) is 13.7 Å². The lowest BCUT2D eigenvalue weighted by atomic mass is 9.98. The van der Waals surface area contributed by atoms with Crippen LogP contribution in [-0.4, -0.2) is 36.7 Å². The maximum absolute atomic E-state index is 12.9. The Hall–Kier alpha value is -2.82. The van der Waals surface area contributed by atoms with Crippen LogP contribution in [0.3, 0.4) is 0 Å². The van der Waals surface area contributed by atoms with E-state index in [9.17, 15) is 9.59 Å². The van der Waals surface area contributed by atoms with Gasteiger partial charge in [-0.2, -0.15) is 0 Å². The molecular formula is C20H21NO4. The number of benzene rings is 2. The maximum atomic E-state index is 12.9. The molecule has 1 fully saturated rings. The Balaban J connectivity index is 1.76. The highest BCUT2D eigenvalue weighted by Gasteiger charge is 2.39. The van der Waals surface area contributed by atoms with E-state index in [2.05, 4.69) is 0 Å². The number of hydrogen-bond donors (Lipinski definition) is 0. The van der Waals surface area contributed by atoms with Crippen LogP contribution in [0.2, 0.25) is 0 Å². The smallest absolute Gasteiger partial charge is 0.417 e. The number of imide groups is 1. The molecule has 0 unspecified atom stereocenters. The SMILES string of the molecule is COc1ccc([C@@H](C)C(=O)N2C(=O)OC[C@H]2Cc2ccccc2)cc1. The molecule has 2 atom stereocenters. The van der Waals surface area contributed by atoms with E-state index < -0.39 is 12.0 Å². The molecule has 3 rings (SSSR count). The van der Waals surface area contributed by atoms with Crippen molar-refractivity contribution >= 4 is 12.0 Å². The molecule has 5 heteroatoms. The lowest BCUT2D eigenvalue weighted by Crippen LogP contribution is -2.42. The van der Waals surface area contributed by atoms with Gasteiger partial charge in [0.15, 0.2) is 0 Å². The molecule has 0 saturated carbocycles. The zero-order chi connectivity index (χ0) is 17.8. The van der Waals surface area contributed by atoms with Gasteiger partial charge in [-0.1, -0.05) is 42.5 Å². The first-order valence-corrected chi connectivity index (χ1v) is 8.28. The van der Waals surface area contributed by atoms with E-state index in [1.165, 1.54) is 4.90 Å². The average molecular weight is 339 g/mol. The van der Waals surface area contributed by atoms with Crippen molar-refractivity contribution in [3.05, 3.63) is 65.7 Å². The molecule has 0 bridgehead atoms. The third kappa shape index (κ3) is 3.65. The molecule has 0 aromatic heterocycles. The summed E-state index contributed by atoms with van der Waals surface area (Å²) in [6.07, 6.45) is 0.0273. The van der Waals surface area contributed by atoms with Gasteiger partial charge < -0.3 is 9.47 Å². The lowest BCUT2D eigenvalue weighted by Gasteiger charge is -2.23. The van der Waals surface area contributed by atoms with Crippen LogP contribution in [0.15, 0.2) is 54.6 Å². The Kier molecular flexibility index (Phi) is 5.03. The predicted octanol–water partition coefficient (Wildman–Crippen LogP) is 3.39. The lowest BCUT2D eigenvalue weighted by molar-refractivity contribution is -0.130. The molecule has 25 heavy (non-hydrogen) atoms. The first-order valence-electron chi connectivity index (χ1n) is 8.28. The monoisotopic (exact) mass is 339 g/mol. The number of amides is 2. The fourth-order valence-electron chi connectivity index (χ4n) is 3.01. The van der Waals surface area contributed by atoms with Gasteiger partial charge in [0.05, 0.1) is 19.1 Å². The van der Waals surface area contributed by atoms with Gasteiger partial charge in [0.2, 0.25) is 5.91 Å². The topological polar surface area (TPSA) is 55.8 Å². The van der Waals surface area contributed by atoms with Crippen LogP contribution in [0.25, 0.3) is 0 Å². The van der Waals surface area contributed by atoms with Gasteiger partial charge in [-0.15, -0.1) is 0 Å². The molecule has 0 aliphatic carbocycles. The summed E-state index contributed by atoms with van der Waals surface area (Å²) >= 11 is 0. The number of cyclic esters (lactones) is 1. The Bertz CT molecular complexity index is 742. The van der Waals surface area contributed by atoms with Gasteiger partial charge in [-0.05, 0) is 36.6 Å². The minimum Gasteiger partial charge on any atom is -0.497 e. The van der Waals surface area contributed by atoms with Crippen molar-refractivity contribution in [1.82, 2.24) is 4.90 Å². The Morgan fingerprint density at radius 1 is 1.20 bits per heavy atom. The summed E-state index contributed by atoms with van der Waals surface area (Å²) in [4.78, 5) is 26.3. The van der Waals surface area contributed by atoms with Crippen LogP contribution >= 0.6 is 0 Å². The fourth-order valence-corrected chi connectivity index (χ4v) is 3.01. The largest absolute Gasteiger partial charge is 0.497 e. The molecule has 2 aromatic carbocycles. The van der Waals surface area contributed by atoms with Crippen LogP contribution in [0.1, 0.15) is 24.0 Å². The zero-order valence-corrected chi connectivity index (χ0v) is 14.3. The quantitative estimate of drug-likeness (QED) is 0.838. The first kappa shape index (κ1) is 17.0. The van der Waals surface area contributed by atoms with Crippen LogP contribution in [-0.2, 0) is 16.0 Å². The van der Waals surface area contributed by atoms with Gasteiger partial charge in [0, 0.05) is 0 Å². The van der Waals surface area contributed by atoms with Crippen molar-refractivity contribution in [1.29, 1.82) is 0 Å². The van der Waals surface area contributed by atoms with Crippen LogP contribution < -0.4 is 4.74 Å². The second kappa shape index (κ2) is 7.38. The van der Waals surface area contributed by atoms with E-state index in [0.29, 0.717) is 6.42 Å². The van der Waals surface area contributed by atoms with E-state index in [-0.39, 0.29) is 18.6 Å². The molecule has 130 valence electrons. The van der Waals surface area contributed by atoms with E-state index in [1.807, 2.05) is 54.6 Å². The summed E-state index contributed by atoms with van der Waals surface area (Å²) in [5, 5.41) is 0. The van der Waals surface area contributed by atoms with Crippen molar-refractivity contribution in [2.45, 2.75) is 25.3 Å². The normalized spacial score (nSPS) is 17.9. The van der Waals surface area contributed by atoms with Gasteiger partial charge in [0.25, 0.3) is 0 Å². The van der Waals surface area contributed by atoms with Crippen molar-refractivity contribution in [3.8, 4) is 5.75 Å². The molecule has 0 N–H and O–H groups in total. The second-order valence-corrected chi connectivity index (χ2v) is 6.12. The summed E-state index contributed by atoms with van der Waals surface area (Å²) in [5.74, 6) is 0.0503. The fraction of sp³-hybridized carbons (Fsp3) is 0.300. The third-order valence-corrected chi connectivity index (χ3v) is 4.50. The molecular weight excluding hydrogens is 318 g/mol. The molecule has 1 aliphatic heterocycles. The van der Waals surface area contributed by atoms with E-state index in [0.717, 1.165) is 16.9 Å². The number of ether oxygens (including phenoxy) is 2. The van der Waals surface area contributed by atoms with Gasteiger partial charge in [-0.25, -0.2) is 9.69 Å². The number of nitrogens with zero attached hydrogens (tertiary/aromatic N) is 1. The summed E-state index contributed by atoms with van der Waals surface area (Å²) in [5.41, 5.74) is 1.91. The van der Waals surface area contributed by atoms with Crippen LogP contribution in [0.4, 0.5) is 4.79 Å². The molecule has 1 heterocycles. The summed E-state index contributed by atoms with van der Waals surface area (Å²) in [6.45, 7) is 2.03. The summed E-state index contributed by atoms with van der Waals surface area (Å²) < 4.78 is 10.3. The molecule has 2 aromatic rings. The molecule has 1 aliphatic rings. The highest BCUT2D eigenvalue weighted by molar-refractivity contribution is 5.97. The Labute approximate surface area is 147 Å². The van der Waals surface area contributed by atoms with Crippen LogP contribution in [0, 0.1) is 0 Å². The standard InChI is InChI=1S/C20H21NO4/c1-14(16-8-10-18(24-2)11-9-16)19(22)21-17(13-25-20(21)23)12-15-6-4-3-5-7-15/h3-11,14,17H,12-13H2,1-2H3/t14-,17-/m1/s1. The second-order valence-electron chi connectivity index (χ2n) is 6.12. The highest BCUT2D eigenvalue weighted by Crippen LogP contribution is 2.26. The van der Waals surface area contributed by atoms with Crippen molar-refractivity contribution in [2.24, 2.45) is 0 Å². The van der Waals surface area contributed by atoms with E-state index in [4.69, 9.17) is 9.47 Å². The Morgan fingerprint density at radius 3 is 2.52 bits per heavy atom. The number of carbonyl (C=O) groups is 2. The van der Waals surface area contributed by atoms with E-state index >= 15 is 0 Å². The van der Waals surface area contributed by atoms with Crippen molar-refractivity contribution < 1.29 is 19.1 Å². The van der Waals surface area contributed by atoms with E-state index in [1.54, 1.807) is 14.0 Å². The molecule has 0 radical (unpaired) electrons. The zero-order valence-electron chi connectivity index (χ0n) is 14.3. The van der Waals surface area contributed by atoms with Crippen LogP contribution in [0.5, 0.6) is 5.75 Å². The highest BCUT2D eigenvalue weighted by atomic mass is 16.6. The molecule has 1 saturated heterocycles. The predicted molar refractivity (Wildman–Crippen MR) is 93.5 cm³/mol. The number of methoxy groups -OCH3 is 1. The summed E-state index contributed by atoms with van der Waals surface area (Å²) in [7, 11) is 1.60. The first-order chi connectivity index (χ1) is 12.1. The minimum atomic E-state index is -0.564. The van der Waals surface area contributed by atoms with Gasteiger partial charge in [0.1, 0.15) is 12.4 Å². The summed E-state index contributed by atoms with van der Waals surface area (Å²) in [6, 6.07) is 16.8. The molecule has 5 nitrogen and oxygen atoms in total. The van der Waals surface area contributed by atoms with Crippen molar-refractivity contribution in [3.63, 3.8) is 0 Å². The number of hydrogen-bond acceptors (Lipinski definition) is 4. The van der Waals surface area contributed by atoms with Gasteiger partial charge in [-0.3, -0.25) is 4.79 Å². The molecule has 0 spiro atoms. The number of rotatable bonds is 5. The van der Waals surface area contributed by atoms with Gasteiger partial charge >= 0.3 is 6.09 Å². The minimum absolute atomic E-state index is 0.231. The molecule has 2 amide bonds. The number of carbonyl (C=O) groups excluding carboxylic acids is 2. The Morgan fingerprint density at radius 2 is 1.88 bits per heavy atom. The average Bonchev–Trinajstić information content (AvgIpc) is 3.01. The third-order valence-electron chi connectivity index (χ3n) is 4.50. The maximum Gasteiger partial charge on any atom is 0.417 e.